The Morgan fingerprint density at radius 2 is 2.24 bits per heavy atom. The number of rotatable bonds is 4. The van der Waals surface area contributed by atoms with E-state index in [1.54, 1.807) is 11.8 Å². The third kappa shape index (κ3) is 6.10. The largest absolute Gasteiger partial charge is 0.379 e. The second-order valence-electron chi connectivity index (χ2n) is 7.27. The molecular weight excluding hydrogens is 433 g/mol. The van der Waals surface area contributed by atoms with Gasteiger partial charge >= 0.3 is 0 Å². The number of halogens is 1. The van der Waals surface area contributed by atoms with Crippen molar-refractivity contribution in [1.29, 1.82) is 0 Å². The average molecular weight is 465 g/mol. The van der Waals surface area contributed by atoms with Gasteiger partial charge in [-0.1, -0.05) is 20.8 Å². The van der Waals surface area contributed by atoms with Crippen LogP contribution < -0.4 is 5.32 Å². The first-order valence-electron chi connectivity index (χ1n) is 8.43. The van der Waals surface area contributed by atoms with E-state index in [1.807, 2.05) is 26.5 Å². The fraction of sp³-hybridized carbons (Fsp3) is 0.765. The van der Waals surface area contributed by atoms with Crippen LogP contribution in [0.5, 0.6) is 0 Å². The van der Waals surface area contributed by atoms with Gasteiger partial charge in [-0.15, -0.1) is 24.0 Å². The van der Waals surface area contributed by atoms with Gasteiger partial charge in [0.05, 0.1) is 25.5 Å². The van der Waals surface area contributed by atoms with Crippen molar-refractivity contribution < 1.29 is 9.47 Å². The Morgan fingerprint density at radius 1 is 1.52 bits per heavy atom. The number of nitrogens with zero attached hydrogens (tertiary/aromatic N) is 4. The molecule has 0 amide bonds. The van der Waals surface area contributed by atoms with Crippen molar-refractivity contribution in [3.63, 3.8) is 0 Å². The van der Waals surface area contributed by atoms with Gasteiger partial charge in [0.1, 0.15) is 6.10 Å². The first-order valence-corrected chi connectivity index (χ1v) is 8.43. The van der Waals surface area contributed by atoms with Crippen LogP contribution in [0.3, 0.4) is 0 Å². The van der Waals surface area contributed by atoms with Gasteiger partial charge in [-0.3, -0.25) is 9.67 Å². The van der Waals surface area contributed by atoms with E-state index in [0.717, 1.165) is 31.2 Å². The highest BCUT2D eigenvalue weighted by Crippen LogP contribution is 2.23. The fourth-order valence-electron chi connectivity index (χ4n) is 2.91. The number of aromatic nitrogens is 2. The van der Waals surface area contributed by atoms with Crippen LogP contribution in [0.4, 0.5) is 0 Å². The van der Waals surface area contributed by atoms with Crippen LogP contribution in [0.1, 0.15) is 32.4 Å². The summed E-state index contributed by atoms with van der Waals surface area (Å²) in [6, 6.07) is 0. The Bertz CT molecular complexity index is 555. The molecule has 144 valence electrons. The lowest BCUT2D eigenvalue weighted by Crippen LogP contribution is -2.51. The normalized spacial score (nSPS) is 20.2. The average Bonchev–Trinajstić information content (AvgIpc) is 2.97. The Balaban J connectivity index is 0.00000312. The second kappa shape index (κ2) is 9.72. The summed E-state index contributed by atoms with van der Waals surface area (Å²) >= 11 is 0. The van der Waals surface area contributed by atoms with Gasteiger partial charge in [0.15, 0.2) is 5.96 Å². The third-order valence-corrected chi connectivity index (χ3v) is 4.37. The van der Waals surface area contributed by atoms with Gasteiger partial charge < -0.3 is 19.7 Å². The van der Waals surface area contributed by atoms with Crippen LogP contribution in [-0.2, 0) is 16.5 Å². The Labute approximate surface area is 168 Å². The topological polar surface area (TPSA) is 63.9 Å². The Kier molecular flexibility index (Phi) is 8.62. The van der Waals surface area contributed by atoms with E-state index in [2.05, 4.69) is 41.1 Å². The minimum Gasteiger partial charge on any atom is -0.379 e. The summed E-state index contributed by atoms with van der Waals surface area (Å²) in [6.07, 6.45) is 4.01. The number of ether oxygens (including phenoxy) is 2. The van der Waals surface area contributed by atoms with Gasteiger partial charge in [-0.25, -0.2) is 0 Å². The summed E-state index contributed by atoms with van der Waals surface area (Å²) in [5.41, 5.74) is 1.17. The SMILES string of the molecule is CN=C(NCC(OC)C(C)(C)C)N1CCOC(c2cnn(C)c2)C1.I. The highest BCUT2D eigenvalue weighted by molar-refractivity contribution is 14.0. The molecule has 2 unspecified atom stereocenters. The predicted molar refractivity (Wildman–Crippen MR) is 111 cm³/mol. The maximum atomic E-state index is 5.90. The summed E-state index contributed by atoms with van der Waals surface area (Å²) in [5.74, 6) is 0.887. The highest BCUT2D eigenvalue weighted by Gasteiger charge is 2.28. The summed E-state index contributed by atoms with van der Waals surface area (Å²) < 4.78 is 13.3. The molecule has 2 atom stereocenters. The molecule has 1 aliphatic heterocycles. The van der Waals surface area contributed by atoms with E-state index >= 15 is 0 Å². The minimum absolute atomic E-state index is 0. The number of methoxy groups -OCH3 is 1. The zero-order valence-electron chi connectivity index (χ0n) is 16.2. The van der Waals surface area contributed by atoms with Crippen molar-refractivity contribution in [3.05, 3.63) is 18.0 Å². The number of aliphatic imine (C=N–C) groups is 1. The van der Waals surface area contributed by atoms with Gasteiger partial charge in [-0.2, -0.15) is 5.10 Å². The molecule has 1 aromatic heterocycles. The number of hydrogen-bond acceptors (Lipinski definition) is 4. The molecule has 2 heterocycles. The number of guanidine groups is 1. The Morgan fingerprint density at radius 3 is 2.76 bits per heavy atom. The smallest absolute Gasteiger partial charge is 0.193 e. The molecule has 0 aromatic carbocycles. The quantitative estimate of drug-likeness (QED) is 0.419. The molecule has 0 spiro atoms. The van der Waals surface area contributed by atoms with Crippen molar-refractivity contribution in [1.82, 2.24) is 20.0 Å². The van der Waals surface area contributed by atoms with Crippen LogP contribution in [0.25, 0.3) is 0 Å². The highest BCUT2D eigenvalue weighted by atomic mass is 127. The molecule has 0 radical (unpaired) electrons. The van der Waals surface area contributed by atoms with E-state index in [-0.39, 0.29) is 41.6 Å². The van der Waals surface area contributed by atoms with Crippen LogP contribution in [0, 0.1) is 5.41 Å². The lowest BCUT2D eigenvalue weighted by atomic mass is 9.89. The van der Waals surface area contributed by atoms with E-state index < -0.39 is 0 Å². The molecule has 1 saturated heterocycles. The lowest BCUT2D eigenvalue weighted by Gasteiger charge is -2.36. The van der Waals surface area contributed by atoms with Gasteiger partial charge in [0.25, 0.3) is 0 Å². The van der Waals surface area contributed by atoms with Crippen molar-refractivity contribution in [2.75, 3.05) is 40.4 Å². The third-order valence-electron chi connectivity index (χ3n) is 4.37. The molecule has 1 N–H and O–H groups in total. The number of nitrogens with one attached hydrogen (secondary N) is 1. The molecule has 7 nitrogen and oxygen atoms in total. The summed E-state index contributed by atoms with van der Waals surface area (Å²) in [7, 11) is 5.49. The Hall–Kier alpha value is -0.870. The van der Waals surface area contributed by atoms with Crippen molar-refractivity contribution in [3.8, 4) is 0 Å². The number of morpholine rings is 1. The zero-order valence-corrected chi connectivity index (χ0v) is 18.5. The molecule has 0 saturated carbocycles. The molecule has 1 fully saturated rings. The molecule has 0 bridgehead atoms. The summed E-state index contributed by atoms with van der Waals surface area (Å²) in [6.45, 7) is 9.52. The monoisotopic (exact) mass is 465 g/mol. The van der Waals surface area contributed by atoms with Crippen LogP contribution in [0.2, 0.25) is 0 Å². The lowest BCUT2D eigenvalue weighted by molar-refractivity contribution is -0.00943. The van der Waals surface area contributed by atoms with Gasteiger partial charge in [0, 0.05) is 46.1 Å². The molecule has 8 heteroatoms. The predicted octanol–water partition coefficient (Wildman–Crippen LogP) is 2.05. The molecule has 25 heavy (non-hydrogen) atoms. The summed E-state index contributed by atoms with van der Waals surface area (Å²) in [4.78, 5) is 6.67. The standard InChI is InChI=1S/C17H31N5O2.HI/c1-17(2,3)15(23-6)10-19-16(18-4)22-7-8-24-14(12-22)13-9-20-21(5)11-13;/h9,11,14-15H,7-8,10,12H2,1-6H3,(H,18,19);1H. The second-order valence-corrected chi connectivity index (χ2v) is 7.27. The van der Waals surface area contributed by atoms with Crippen LogP contribution in [0.15, 0.2) is 17.4 Å². The molecular formula is C17H32IN5O2. The van der Waals surface area contributed by atoms with Crippen molar-refractivity contribution in [2.24, 2.45) is 17.5 Å². The first kappa shape index (κ1) is 22.2. The molecule has 1 aromatic rings. The first-order chi connectivity index (χ1) is 11.3. The van der Waals surface area contributed by atoms with Crippen molar-refractivity contribution >= 4 is 29.9 Å². The van der Waals surface area contributed by atoms with Crippen LogP contribution in [-0.4, -0.2) is 67.1 Å². The minimum atomic E-state index is 0. The summed E-state index contributed by atoms with van der Waals surface area (Å²) in [5, 5.41) is 7.68. The number of hydrogen-bond donors (Lipinski definition) is 1. The maximum Gasteiger partial charge on any atom is 0.193 e. The molecule has 2 rings (SSSR count). The van der Waals surface area contributed by atoms with Crippen molar-refractivity contribution in [2.45, 2.75) is 33.0 Å². The van der Waals surface area contributed by atoms with E-state index in [1.165, 1.54) is 0 Å². The number of aryl methyl sites for hydroxylation is 1. The molecule has 1 aliphatic rings. The molecule has 0 aliphatic carbocycles. The fourth-order valence-corrected chi connectivity index (χ4v) is 2.91. The van der Waals surface area contributed by atoms with Gasteiger partial charge in [-0.05, 0) is 5.41 Å². The van der Waals surface area contributed by atoms with E-state index in [0.29, 0.717) is 6.61 Å². The van der Waals surface area contributed by atoms with Gasteiger partial charge in [0.2, 0.25) is 0 Å². The maximum absolute atomic E-state index is 5.90. The van der Waals surface area contributed by atoms with E-state index in [4.69, 9.17) is 9.47 Å². The van der Waals surface area contributed by atoms with E-state index in [9.17, 15) is 0 Å². The zero-order chi connectivity index (χ0) is 17.7. The van der Waals surface area contributed by atoms with Crippen LogP contribution >= 0.6 is 24.0 Å².